The molecule has 4 aromatic rings. The first-order chi connectivity index (χ1) is 17.1. The molecule has 2 saturated heterocycles. The summed E-state index contributed by atoms with van der Waals surface area (Å²) in [6, 6.07) is 4.17. The lowest BCUT2D eigenvalue weighted by atomic mass is 9.91. The molecule has 9 nitrogen and oxygen atoms in total. The van der Waals surface area contributed by atoms with Crippen molar-refractivity contribution in [3.63, 3.8) is 0 Å². The van der Waals surface area contributed by atoms with Crippen LogP contribution in [0.25, 0.3) is 27.6 Å². The summed E-state index contributed by atoms with van der Waals surface area (Å²) in [6.45, 7) is 6.74. The molecule has 0 radical (unpaired) electrons. The van der Waals surface area contributed by atoms with Crippen molar-refractivity contribution in [3.8, 4) is 27.7 Å². The molecule has 3 aliphatic rings. The number of fused-ring (bicyclic) bond motifs is 3. The van der Waals surface area contributed by atoms with Crippen LogP contribution in [0.1, 0.15) is 51.0 Å². The van der Waals surface area contributed by atoms with Gasteiger partial charge in [0.25, 0.3) is 0 Å². The van der Waals surface area contributed by atoms with E-state index < -0.39 is 0 Å². The summed E-state index contributed by atoms with van der Waals surface area (Å²) in [4.78, 5) is 14.5. The molecule has 0 unspecified atom stereocenters. The predicted molar refractivity (Wildman–Crippen MR) is 136 cm³/mol. The third-order valence-electron chi connectivity index (χ3n) is 8.04. The van der Waals surface area contributed by atoms with Crippen LogP contribution in [0.5, 0.6) is 5.75 Å². The Morgan fingerprint density at radius 3 is 2.74 bits per heavy atom. The standard InChI is InChI=1S/C25H30N8OS/c1-14(2)21-22(15-7-19(34-3)24-27-13-28-33(24)10-15)29-30-23(21)25-26-9-20(35-25)32-12-17-8-18(32)11-31(17)16-5-4-6-16/h7,9-10,13-14,16-18H,4-6,8,11-12H2,1-3H3,(H,29,30)/t17-,18-/m0/s1. The molecule has 1 aliphatic carbocycles. The maximum absolute atomic E-state index is 5.58. The zero-order valence-corrected chi connectivity index (χ0v) is 21.1. The van der Waals surface area contributed by atoms with E-state index in [1.54, 1.807) is 23.0 Å². The average Bonchev–Trinajstić information content (AvgIpc) is 3.63. The number of piperazine rings is 1. The maximum Gasteiger partial charge on any atom is 0.197 e. The van der Waals surface area contributed by atoms with Crippen LogP contribution in [0.4, 0.5) is 5.00 Å². The summed E-state index contributed by atoms with van der Waals surface area (Å²) in [5, 5.41) is 14.6. The Bertz CT molecular complexity index is 1390. The van der Waals surface area contributed by atoms with E-state index in [0.717, 1.165) is 40.1 Å². The van der Waals surface area contributed by atoms with Crippen LogP contribution in [-0.2, 0) is 0 Å². The molecular formula is C25H30N8OS. The number of rotatable bonds is 6. The first kappa shape index (κ1) is 21.3. The second-order valence-corrected chi connectivity index (χ2v) is 11.3. The molecule has 0 spiro atoms. The second-order valence-electron chi connectivity index (χ2n) is 10.3. The number of hydrogen-bond acceptors (Lipinski definition) is 8. The fourth-order valence-electron chi connectivity index (χ4n) is 6.12. The van der Waals surface area contributed by atoms with Crippen molar-refractivity contribution < 1.29 is 4.74 Å². The average molecular weight is 491 g/mol. The third kappa shape index (κ3) is 3.30. The summed E-state index contributed by atoms with van der Waals surface area (Å²) in [5.74, 6) is 0.949. The van der Waals surface area contributed by atoms with E-state index in [2.05, 4.69) is 45.0 Å². The molecule has 2 aliphatic heterocycles. The molecular weight excluding hydrogens is 460 g/mol. The lowest BCUT2D eigenvalue weighted by molar-refractivity contribution is 0.107. The van der Waals surface area contributed by atoms with Crippen LogP contribution in [-0.4, -0.2) is 73.0 Å². The van der Waals surface area contributed by atoms with Gasteiger partial charge in [-0.1, -0.05) is 31.6 Å². The third-order valence-corrected chi connectivity index (χ3v) is 9.08. The fraction of sp³-hybridized carbons (Fsp3) is 0.520. The van der Waals surface area contributed by atoms with Crippen LogP contribution in [0, 0.1) is 0 Å². The van der Waals surface area contributed by atoms with Crippen LogP contribution >= 0.6 is 11.3 Å². The lowest BCUT2D eigenvalue weighted by Gasteiger charge is -2.42. The molecule has 1 saturated carbocycles. The summed E-state index contributed by atoms with van der Waals surface area (Å²) < 4.78 is 7.33. The number of pyridine rings is 1. The van der Waals surface area contributed by atoms with Crippen molar-refractivity contribution >= 4 is 22.0 Å². The molecule has 7 rings (SSSR count). The van der Waals surface area contributed by atoms with Gasteiger partial charge in [-0.05, 0) is 31.2 Å². The van der Waals surface area contributed by atoms with Gasteiger partial charge in [0.05, 0.1) is 19.0 Å². The number of aromatic amines is 1. The van der Waals surface area contributed by atoms with Crippen LogP contribution in [0.2, 0.25) is 0 Å². The van der Waals surface area contributed by atoms with Gasteiger partial charge in [0, 0.05) is 48.5 Å². The van der Waals surface area contributed by atoms with Gasteiger partial charge in [-0.2, -0.15) is 10.2 Å². The van der Waals surface area contributed by atoms with Crippen molar-refractivity contribution in [2.24, 2.45) is 0 Å². The Kier molecular flexibility index (Phi) is 4.89. The molecule has 2 atom stereocenters. The number of aromatic nitrogens is 6. The Hall–Kier alpha value is -2.98. The van der Waals surface area contributed by atoms with Gasteiger partial charge in [-0.15, -0.1) is 0 Å². The van der Waals surface area contributed by atoms with Crippen LogP contribution < -0.4 is 9.64 Å². The van der Waals surface area contributed by atoms with Gasteiger partial charge >= 0.3 is 0 Å². The molecule has 182 valence electrons. The lowest BCUT2D eigenvalue weighted by Crippen LogP contribution is -2.52. The number of methoxy groups -OCH3 is 1. The summed E-state index contributed by atoms with van der Waals surface area (Å²) in [6.07, 6.45) is 11.0. The van der Waals surface area contributed by atoms with Gasteiger partial charge in [-0.3, -0.25) is 10.00 Å². The number of nitrogens with zero attached hydrogens (tertiary/aromatic N) is 7. The number of hydrogen-bond donors (Lipinski definition) is 1. The molecule has 2 bridgehead atoms. The zero-order chi connectivity index (χ0) is 23.7. The molecule has 35 heavy (non-hydrogen) atoms. The first-order valence-electron chi connectivity index (χ1n) is 12.5. The van der Waals surface area contributed by atoms with E-state index in [9.17, 15) is 0 Å². The van der Waals surface area contributed by atoms with Gasteiger partial charge < -0.3 is 9.64 Å². The number of H-pyrrole nitrogens is 1. The zero-order valence-electron chi connectivity index (χ0n) is 20.3. The van der Waals surface area contributed by atoms with Crippen molar-refractivity contribution in [1.29, 1.82) is 0 Å². The summed E-state index contributed by atoms with van der Waals surface area (Å²) >= 11 is 1.77. The number of thiazole rings is 1. The largest absolute Gasteiger partial charge is 0.493 e. The smallest absolute Gasteiger partial charge is 0.197 e. The topological polar surface area (TPSA) is 87.5 Å². The van der Waals surface area contributed by atoms with Crippen molar-refractivity contribution in [2.75, 3.05) is 25.1 Å². The predicted octanol–water partition coefficient (Wildman–Crippen LogP) is 4.19. The molecule has 0 aromatic carbocycles. The number of anilines is 1. The normalized spacial score (nSPS) is 22.6. The van der Waals surface area contributed by atoms with E-state index in [4.69, 9.17) is 14.8 Å². The van der Waals surface area contributed by atoms with E-state index in [1.807, 2.05) is 12.3 Å². The van der Waals surface area contributed by atoms with Crippen molar-refractivity contribution in [1.82, 2.24) is 34.7 Å². The van der Waals surface area contributed by atoms with Gasteiger partial charge in [0.15, 0.2) is 11.4 Å². The summed E-state index contributed by atoms with van der Waals surface area (Å²) in [7, 11) is 1.66. The Balaban J connectivity index is 1.20. The number of likely N-dealkylation sites (tertiary alicyclic amines) is 1. The Morgan fingerprint density at radius 1 is 1.14 bits per heavy atom. The second kappa shape index (κ2) is 8.03. The molecule has 3 fully saturated rings. The van der Waals surface area contributed by atoms with Crippen LogP contribution in [0.15, 0.2) is 24.8 Å². The number of nitrogens with one attached hydrogen (secondary N) is 1. The highest BCUT2D eigenvalue weighted by Crippen LogP contribution is 2.44. The molecule has 0 amide bonds. The Morgan fingerprint density at radius 2 is 2.03 bits per heavy atom. The number of ether oxygens (including phenoxy) is 1. The monoisotopic (exact) mass is 490 g/mol. The van der Waals surface area contributed by atoms with Crippen molar-refractivity contribution in [3.05, 3.63) is 30.4 Å². The first-order valence-corrected chi connectivity index (χ1v) is 13.4. The molecule has 6 heterocycles. The van der Waals surface area contributed by atoms with E-state index in [0.29, 0.717) is 23.5 Å². The fourth-order valence-corrected chi connectivity index (χ4v) is 7.12. The van der Waals surface area contributed by atoms with Crippen molar-refractivity contribution in [2.45, 2.75) is 63.6 Å². The quantitative estimate of drug-likeness (QED) is 0.434. The minimum Gasteiger partial charge on any atom is -0.493 e. The maximum atomic E-state index is 5.58. The highest BCUT2D eigenvalue weighted by molar-refractivity contribution is 7.18. The molecule has 10 heteroatoms. The SMILES string of the molecule is COc1cc(-c2[nH]nc(-c3ncc(N4C[C@@H]5C[C@H]4CN5C4CCC4)s3)c2C(C)C)cn2ncnc12. The summed E-state index contributed by atoms with van der Waals surface area (Å²) in [5.41, 5.74) is 4.73. The van der Waals surface area contributed by atoms with Gasteiger partial charge in [-0.25, -0.2) is 14.5 Å². The van der Waals surface area contributed by atoms with Gasteiger partial charge in [0.1, 0.15) is 22.0 Å². The Labute approximate surface area is 208 Å². The van der Waals surface area contributed by atoms with E-state index in [1.165, 1.54) is 43.6 Å². The van der Waals surface area contributed by atoms with Gasteiger partial charge in [0.2, 0.25) is 0 Å². The van der Waals surface area contributed by atoms with Crippen LogP contribution in [0.3, 0.4) is 0 Å². The minimum atomic E-state index is 0.266. The van der Waals surface area contributed by atoms with E-state index >= 15 is 0 Å². The highest BCUT2D eigenvalue weighted by Gasteiger charge is 2.47. The highest BCUT2D eigenvalue weighted by atomic mass is 32.1. The molecule has 1 N–H and O–H groups in total. The molecule has 4 aromatic heterocycles. The minimum absolute atomic E-state index is 0.266. The van der Waals surface area contributed by atoms with E-state index in [-0.39, 0.29) is 5.92 Å².